The summed E-state index contributed by atoms with van der Waals surface area (Å²) in [7, 11) is 1.30. The minimum Gasteiger partial charge on any atom is -0.464 e. The molecule has 2 rings (SSSR count). The highest BCUT2D eigenvalue weighted by atomic mass is 16.5. The van der Waals surface area contributed by atoms with Crippen molar-refractivity contribution in [2.75, 3.05) is 12.8 Å². The molecule has 2 N–H and O–H groups in total. The molecule has 0 unspecified atom stereocenters. The van der Waals surface area contributed by atoms with Crippen molar-refractivity contribution in [1.29, 1.82) is 0 Å². The molecule has 0 aliphatic heterocycles. The summed E-state index contributed by atoms with van der Waals surface area (Å²) in [6, 6.07) is 11.8. The zero-order valence-electron chi connectivity index (χ0n) is 9.79. The van der Waals surface area contributed by atoms with Crippen molar-refractivity contribution >= 4 is 11.7 Å². The Morgan fingerprint density at radius 1 is 1.17 bits per heavy atom. The molecule has 0 aliphatic carbocycles. The van der Waals surface area contributed by atoms with E-state index in [2.05, 4.69) is 9.72 Å². The summed E-state index contributed by atoms with van der Waals surface area (Å²) in [4.78, 5) is 15.3. The van der Waals surface area contributed by atoms with E-state index in [-0.39, 0.29) is 5.69 Å². The predicted molar refractivity (Wildman–Crippen MR) is 66.5 cm³/mol. The maximum atomic E-state index is 11.3. The quantitative estimate of drug-likeness (QED) is 0.662. The number of rotatable bonds is 3. The molecule has 5 heteroatoms. The summed E-state index contributed by atoms with van der Waals surface area (Å²) in [6.07, 6.45) is 0. The maximum absolute atomic E-state index is 11.3. The smallest absolute Gasteiger partial charge is 0.356 e. The Labute approximate surface area is 104 Å². The molecule has 0 bridgehead atoms. The van der Waals surface area contributed by atoms with E-state index < -0.39 is 5.97 Å². The predicted octanol–water partition coefficient (Wildman–Crippen LogP) is 2.24. The normalized spacial score (nSPS) is 9.83. The molecule has 1 heterocycles. The summed E-state index contributed by atoms with van der Waals surface area (Å²) in [6.45, 7) is 0. The first-order valence-corrected chi connectivity index (χ1v) is 5.28. The topological polar surface area (TPSA) is 74.4 Å². The Morgan fingerprint density at radius 2 is 1.89 bits per heavy atom. The number of carbonyl (C=O) groups excluding carboxylic acids is 1. The highest BCUT2D eigenvalue weighted by Crippen LogP contribution is 2.20. The van der Waals surface area contributed by atoms with Crippen molar-refractivity contribution in [3.05, 3.63) is 48.2 Å². The fourth-order valence-corrected chi connectivity index (χ4v) is 1.35. The van der Waals surface area contributed by atoms with Crippen LogP contribution in [0.1, 0.15) is 10.5 Å². The fourth-order valence-electron chi connectivity index (χ4n) is 1.35. The van der Waals surface area contributed by atoms with Gasteiger partial charge in [-0.2, -0.15) is 0 Å². The highest BCUT2D eigenvalue weighted by molar-refractivity contribution is 5.87. The lowest BCUT2D eigenvalue weighted by Gasteiger charge is -2.06. The van der Waals surface area contributed by atoms with Crippen molar-refractivity contribution in [3.8, 4) is 11.6 Å². The van der Waals surface area contributed by atoms with Crippen LogP contribution in [0.25, 0.3) is 0 Å². The van der Waals surface area contributed by atoms with E-state index in [4.69, 9.17) is 10.5 Å². The molecule has 5 nitrogen and oxygen atoms in total. The summed E-state index contributed by atoms with van der Waals surface area (Å²) >= 11 is 0. The zero-order chi connectivity index (χ0) is 13.0. The second kappa shape index (κ2) is 5.18. The molecule has 1 aromatic heterocycles. The van der Waals surface area contributed by atoms with Gasteiger partial charge in [-0.1, -0.05) is 6.07 Å². The molecule has 0 aliphatic rings. The lowest BCUT2D eigenvalue weighted by molar-refractivity contribution is 0.0593. The molecule has 0 atom stereocenters. The Balaban J connectivity index is 2.19. The third-order valence-electron chi connectivity index (χ3n) is 2.22. The Bertz CT molecular complexity index is 552. The second-order valence-electron chi connectivity index (χ2n) is 3.52. The van der Waals surface area contributed by atoms with Crippen LogP contribution in [0.4, 0.5) is 5.69 Å². The number of hydrogen-bond acceptors (Lipinski definition) is 5. The summed E-state index contributed by atoms with van der Waals surface area (Å²) < 4.78 is 10.1. The van der Waals surface area contributed by atoms with Crippen LogP contribution < -0.4 is 10.5 Å². The monoisotopic (exact) mass is 244 g/mol. The standard InChI is InChI=1S/C13H12N2O3/c1-17-13(16)11-3-2-4-12(15-11)18-10-7-5-9(14)6-8-10/h2-8H,14H2,1H3. The first-order chi connectivity index (χ1) is 8.69. The lowest BCUT2D eigenvalue weighted by Crippen LogP contribution is -2.04. The Kier molecular flexibility index (Phi) is 3.43. The third-order valence-corrected chi connectivity index (χ3v) is 2.22. The van der Waals surface area contributed by atoms with E-state index in [1.807, 2.05) is 0 Å². The van der Waals surface area contributed by atoms with Crippen molar-refractivity contribution in [1.82, 2.24) is 4.98 Å². The van der Waals surface area contributed by atoms with Crippen molar-refractivity contribution in [2.45, 2.75) is 0 Å². The van der Waals surface area contributed by atoms with Gasteiger partial charge >= 0.3 is 5.97 Å². The minimum absolute atomic E-state index is 0.199. The Hall–Kier alpha value is -2.56. The number of hydrogen-bond donors (Lipinski definition) is 1. The van der Waals surface area contributed by atoms with Crippen LogP contribution in [0, 0.1) is 0 Å². The molecule has 0 saturated carbocycles. The number of nitrogen functional groups attached to an aromatic ring is 1. The van der Waals surface area contributed by atoms with E-state index in [1.165, 1.54) is 7.11 Å². The van der Waals surface area contributed by atoms with E-state index in [9.17, 15) is 4.79 Å². The first-order valence-electron chi connectivity index (χ1n) is 5.28. The number of aromatic nitrogens is 1. The van der Waals surface area contributed by atoms with E-state index in [1.54, 1.807) is 42.5 Å². The van der Waals surface area contributed by atoms with Gasteiger partial charge in [-0.3, -0.25) is 0 Å². The number of nitrogens with zero attached hydrogens (tertiary/aromatic N) is 1. The van der Waals surface area contributed by atoms with E-state index in [0.29, 0.717) is 17.3 Å². The van der Waals surface area contributed by atoms with Crippen LogP contribution >= 0.6 is 0 Å². The molecule has 0 spiro atoms. The van der Waals surface area contributed by atoms with Crippen LogP contribution in [-0.2, 0) is 4.74 Å². The zero-order valence-corrected chi connectivity index (χ0v) is 9.79. The molecule has 2 aromatic rings. The van der Waals surface area contributed by atoms with Crippen molar-refractivity contribution in [3.63, 3.8) is 0 Å². The molecule has 0 amide bonds. The largest absolute Gasteiger partial charge is 0.464 e. The number of ether oxygens (including phenoxy) is 2. The van der Waals surface area contributed by atoms with Crippen LogP contribution in [-0.4, -0.2) is 18.1 Å². The maximum Gasteiger partial charge on any atom is 0.356 e. The molecular weight excluding hydrogens is 232 g/mol. The molecule has 1 aromatic carbocycles. The summed E-state index contributed by atoms with van der Waals surface area (Å²) in [5, 5.41) is 0. The van der Waals surface area contributed by atoms with Crippen LogP contribution in [0.15, 0.2) is 42.5 Å². The van der Waals surface area contributed by atoms with Gasteiger partial charge in [-0.15, -0.1) is 0 Å². The van der Waals surface area contributed by atoms with Crippen LogP contribution in [0.2, 0.25) is 0 Å². The fraction of sp³-hybridized carbons (Fsp3) is 0.0769. The van der Waals surface area contributed by atoms with Crippen LogP contribution in [0.5, 0.6) is 11.6 Å². The van der Waals surface area contributed by atoms with Crippen molar-refractivity contribution in [2.24, 2.45) is 0 Å². The molecule has 92 valence electrons. The summed E-state index contributed by atoms with van der Waals surface area (Å²) in [5.74, 6) is 0.416. The Morgan fingerprint density at radius 3 is 2.56 bits per heavy atom. The van der Waals surface area contributed by atoms with Gasteiger partial charge in [0.15, 0.2) is 5.69 Å². The van der Waals surface area contributed by atoms with Gasteiger partial charge in [0, 0.05) is 11.8 Å². The summed E-state index contributed by atoms with van der Waals surface area (Å²) in [5.41, 5.74) is 6.42. The number of carbonyl (C=O) groups is 1. The number of pyridine rings is 1. The second-order valence-corrected chi connectivity index (χ2v) is 3.52. The highest BCUT2D eigenvalue weighted by Gasteiger charge is 2.08. The molecule has 0 saturated heterocycles. The lowest BCUT2D eigenvalue weighted by atomic mass is 10.3. The van der Waals surface area contributed by atoms with Gasteiger partial charge in [0.2, 0.25) is 5.88 Å². The average Bonchev–Trinajstić information content (AvgIpc) is 2.41. The first kappa shape index (κ1) is 11.9. The number of anilines is 1. The molecular formula is C13H12N2O3. The van der Waals surface area contributed by atoms with E-state index >= 15 is 0 Å². The number of nitrogens with two attached hydrogens (primary N) is 1. The average molecular weight is 244 g/mol. The number of methoxy groups -OCH3 is 1. The van der Waals surface area contributed by atoms with Gasteiger partial charge in [0.1, 0.15) is 5.75 Å². The minimum atomic E-state index is -0.502. The SMILES string of the molecule is COC(=O)c1cccc(Oc2ccc(N)cc2)n1. The number of esters is 1. The van der Waals surface area contributed by atoms with Crippen molar-refractivity contribution < 1.29 is 14.3 Å². The van der Waals surface area contributed by atoms with Crippen LogP contribution in [0.3, 0.4) is 0 Å². The van der Waals surface area contributed by atoms with Gasteiger partial charge in [0.25, 0.3) is 0 Å². The number of benzene rings is 1. The van der Waals surface area contributed by atoms with Gasteiger partial charge < -0.3 is 15.2 Å². The van der Waals surface area contributed by atoms with Gasteiger partial charge in [-0.05, 0) is 30.3 Å². The van der Waals surface area contributed by atoms with Gasteiger partial charge in [0.05, 0.1) is 7.11 Å². The molecule has 18 heavy (non-hydrogen) atoms. The molecule has 0 radical (unpaired) electrons. The molecule has 0 fully saturated rings. The van der Waals surface area contributed by atoms with E-state index in [0.717, 1.165) is 0 Å². The van der Waals surface area contributed by atoms with Gasteiger partial charge in [-0.25, -0.2) is 9.78 Å². The third kappa shape index (κ3) is 2.76.